The first-order chi connectivity index (χ1) is 12.9. The first-order valence-corrected chi connectivity index (χ1v) is 8.79. The van der Waals surface area contributed by atoms with Crippen LogP contribution in [0, 0.1) is 6.92 Å². The molecule has 0 aliphatic carbocycles. The molecule has 7 heteroatoms. The molecule has 1 saturated heterocycles. The zero-order chi connectivity index (χ0) is 19.3. The second-order valence-corrected chi connectivity index (χ2v) is 6.83. The average Bonchev–Trinajstić information content (AvgIpc) is 3.16. The number of carbonyl (C=O) groups excluding carboxylic acids is 3. The quantitative estimate of drug-likeness (QED) is 0.828. The Morgan fingerprint density at radius 1 is 1.07 bits per heavy atom. The first-order valence-electron chi connectivity index (χ1n) is 8.41. The van der Waals surface area contributed by atoms with Crippen LogP contribution >= 0.6 is 11.6 Å². The fourth-order valence-electron chi connectivity index (χ4n) is 3.45. The number of amides is 2. The molecular formula is C20H16ClN3O3. The Morgan fingerprint density at radius 3 is 2.44 bits per heavy atom. The third-order valence-electron chi connectivity index (χ3n) is 4.79. The van der Waals surface area contributed by atoms with Crippen molar-refractivity contribution in [3.63, 3.8) is 0 Å². The maximum Gasteiger partial charge on any atom is 0.266 e. The number of Topliss-reactive ketones (excluding diaryl/α,β-unsaturated/α-hetero) is 1. The summed E-state index contributed by atoms with van der Waals surface area (Å²) in [7, 11) is 0. The molecular weight excluding hydrogens is 366 g/mol. The van der Waals surface area contributed by atoms with Crippen LogP contribution in [0.5, 0.6) is 0 Å². The molecule has 2 aromatic carbocycles. The van der Waals surface area contributed by atoms with Gasteiger partial charge in [0.2, 0.25) is 0 Å². The van der Waals surface area contributed by atoms with Gasteiger partial charge in [-0.2, -0.15) is 0 Å². The van der Waals surface area contributed by atoms with Crippen LogP contribution in [0.2, 0.25) is 5.02 Å². The van der Waals surface area contributed by atoms with Gasteiger partial charge in [-0.05, 0) is 36.8 Å². The Kier molecular flexibility index (Phi) is 4.00. The van der Waals surface area contributed by atoms with Crippen molar-refractivity contribution in [3.05, 3.63) is 70.4 Å². The summed E-state index contributed by atoms with van der Waals surface area (Å²) in [5.74, 6) is -1.24. The molecule has 2 aliphatic heterocycles. The Balaban J connectivity index is 1.86. The number of ketones is 1. The van der Waals surface area contributed by atoms with E-state index < -0.39 is 17.9 Å². The molecule has 0 unspecified atom stereocenters. The van der Waals surface area contributed by atoms with Crippen LogP contribution in [0.1, 0.15) is 12.5 Å². The minimum atomic E-state index is -0.905. The van der Waals surface area contributed by atoms with Gasteiger partial charge in [0.25, 0.3) is 11.8 Å². The lowest BCUT2D eigenvalue weighted by Gasteiger charge is -2.26. The lowest BCUT2D eigenvalue weighted by Crippen LogP contribution is -2.46. The molecule has 27 heavy (non-hydrogen) atoms. The zero-order valence-corrected chi connectivity index (χ0v) is 15.4. The van der Waals surface area contributed by atoms with Gasteiger partial charge in [-0.1, -0.05) is 35.9 Å². The van der Waals surface area contributed by atoms with Gasteiger partial charge in [0.15, 0.2) is 11.8 Å². The number of hydrazine groups is 1. The Labute approximate surface area is 161 Å². The topological polar surface area (TPSA) is 69.7 Å². The van der Waals surface area contributed by atoms with Crippen LogP contribution in [-0.4, -0.2) is 23.6 Å². The van der Waals surface area contributed by atoms with E-state index in [1.165, 1.54) is 6.92 Å². The predicted molar refractivity (Wildman–Crippen MR) is 102 cm³/mol. The molecule has 6 nitrogen and oxygen atoms in total. The highest BCUT2D eigenvalue weighted by molar-refractivity contribution is 6.36. The number of nitrogens with one attached hydrogen (secondary N) is 1. The summed E-state index contributed by atoms with van der Waals surface area (Å²) in [6.07, 6.45) is 0. The summed E-state index contributed by atoms with van der Waals surface area (Å²) in [6, 6.07) is 13.3. The normalized spacial score (nSPS) is 18.9. The van der Waals surface area contributed by atoms with Crippen molar-refractivity contribution in [1.29, 1.82) is 0 Å². The lowest BCUT2D eigenvalue weighted by atomic mass is 10.1. The molecule has 1 atom stereocenters. The number of rotatable bonds is 3. The van der Waals surface area contributed by atoms with Crippen molar-refractivity contribution < 1.29 is 14.4 Å². The molecule has 1 N–H and O–H groups in total. The standard InChI is InChI=1S/C20H16ClN3O3/c1-11-14(21)9-6-10-15(11)23-19(26)16-17(12(2)25)22-24(18(16)20(23)27)13-7-4-3-5-8-13/h3-10,18,22H,1-2H3/t18-/m1/s1. The lowest BCUT2D eigenvalue weighted by molar-refractivity contribution is -0.121. The smallest absolute Gasteiger partial charge is 0.266 e. The SMILES string of the molecule is CC(=O)C1=C2C(=O)N(c3cccc(Cl)c3C)C(=O)[C@@H]2N(c2ccccc2)N1. The number of benzene rings is 2. The zero-order valence-electron chi connectivity index (χ0n) is 14.7. The predicted octanol–water partition coefficient (Wildman–Crippen LogP) is 2.76. The highest BCUT2D eigenvalue weighted by Gasteiger charge is 2.53. The monoisotopic (exact) mass is 381 g/mol. The average molecular weight is 382 g/mol. The maximum absolute atomic E-state index is 13.2. The van der Waals surface area contributed by atoms with Crippen molar-refractivity contribution in [2.24, 2.45) is 0 Å². The summed E-state index contributed by atoms with van der Waals surface area (Å²) in [5, 5.41) is 2.02. The number of fused-ring (bicyclic) bond motifs is 1. The van der Waals surface area contributed by atoms with E-state index in [-0.39, 0.29) is 17.1 Å². The van der Waals surface area contributed by atoms with Gasteiger partial charge in [-0.15, -0.1) is 0 Å². The van der Waals surface area contributed by atoms with Crippen LogP contribution in [0.3, 0.4) is 0 Å². The van der Waals surface area contributed by atoms with E-state index in [1.54, 1.807) is 42.3 Å². The molecule has 4 rings (SSSR count). The van der Waals surface area contributed by atoms with Crippen molar-refractivity contribution >= 4 is 40.6 Å². The summed E-state index contributed by atoms with van der Waals surface area (Å²) in [4.78, 5) is 39.6. The third-order valence-corrected chi connectivity index (χ3v) is 5.20. The van der Waals surface area contributed by atoms with Crippen LogP contribution in [-0.2, 0) is 14.4 Å². The van der Waals surface area contributed by atoms with E-state index in [4.69, 9.17) is 11.6 Å². The van der Waals surface area contributed by atoms with Gasteiger partial charge in [0, 0.05) is 11.9 Å². The molecule has 2 aliphatic rings. The molecule has 2 amide bonds. The Bertz CT molecular complexity index is 1020. The number of anilines is 2. The second-order valence-electron chi connectivity index (χ2n) is 6.43. The van der Waals surface area contributed by atoms with Crippen LogP contribution < -0.4 is 15.3 Å². The first kappa shape index (κ1) is 17.3. The number of hydrogen-bond acceptors (Lipinski definition) is 5. The largest absolute Gasteiger partial charge is 0.293 e. The minimum Gasteiger partial charge on any atom is -0.293 e. The second kappa shape index (κ2) is 6.25. The molecule has 0 spiro atoms. The van der Waals surface area contributed by atoms with Gasteiger partial charge in [-0.3, -0.25) is 24.8 Å². The van der Waals surface area contributed by atoms with E-state index in [0.29, 0.717) is 22.0 Å². The van der Waals surface area contributed by atoms with E-state index in [0.717, 1.165) is 4.90 Å². The molecule has 2 aromatic rings. The number of carbonyl (C=O) groups is 3. The highest BCUT2D eigenvalue weighted by atomic mass is 35.5. The summed E-state index contributed by atoms with van der Waals surface area (Å²) in [6.45, 7) is 3.12. The van der Waals surface area contributed by atoms with Gasteiger partial charge in [0.1, 0.15) is 5.70 Å². The molecule has 0 bridgehead atoms. The molecule has 0 aromatic heterocycles. The number of imide groups is 1. The van der Waals surface area contributed by atoms with Gasteiger partial charge in [-0.25, -0.2) is 4.90 Å². The molecule has 1 fully saturated rings. The fourth-order valence-corrected chi connectivity index (χ4v) is 3.62. The maximum atomic E-state index is 13.2. The van der Waals surface area contributed by atoms with Gasteiger partial charge < -0.3 is 0 Å². The molecule has 2 heterocycles. The molecule has 136 valence electrons. The van der Waals surface area contributed by atoms with E-state index in [2.05, 4.69) is 5.43 Å². The highest BCUT2D eigenvalue weighted by Crippen LogP contribution is 2.38. The Hall–Kier alpha value is -3.12. The van der Waals surface area contributed by atoms with E-state index >= 15 is 0 Å². The number of hydrogen-bond donors (Lipinski definition) is 1. The van der Waals surface area contributed by atoms with Crippen molar-refractivity contribution in [2.75, 3.05) is 9.91 Å². The van der Waals surface area contributed by atoms with Gasteiger partial charge in [0.05, 0.1) is 16.9 Å². The summed E-state index contributed by atoms with van der Waals surface area (Å²) >= 11 is 6.17. The number of halogens is 1. The number of para-hydroxylation sites is 1. The van der Waals surface area contributed by atoms with Crippen molar-refractivity contribution in [1.82, 2.24) is 5.43 Å². The van der Waals surface area contributed by atoms with Crippen molar-refractivity contribution in [3.8, 4) is 0 Å². The summed E-state index contributed by atoms with van der Waals surface area (Å²) in [5.41, 5.74) is 4.98. The third kappa shape index (κ3) is 2.52. The van der Waals surface area contributed by atoms with Crippen molar-refractivity contribution in [2.45, 2.75) is 19.9 Å². The number of nitrogens with zero attached hydrogens (tertiary/aromatic N) is 2. The Morgan fingerprint density at radius 2 is 1.78 bits per heavy atom. The van der Waals surface area contributed by atoms with Crippen LogP contribution in [0.25, 0.3) is 0 Å². The number of allylic oxidation sites excluding steroid dienone is 1. The molecule has 0 saturated carbocycles. The van der Waals surface area contributed by atoms with E-state index in [1.807, 2.05) is 18.2 Å². The summed E-state index contributed by atoms with van der Waals surface area (Å²) < 4.78 is 0. The van der Waals surface area contributed by atoms with E-state index in [9.17, 15) is 14.4 Å². The molecule has 0 radical (unpaired) electrons. The van der Waals surface area contributed by atoms with Crippen LogP contribution in [0.4, 0.5) is 11.4 Å². The van der Waals surface area contributed by atoms with Gasteiger partial charge >= 0.3 is 0 Å². The fraction of sp³-hybridized carbons (Fsp3) is 0.150. The van der Waals surface area contributed by atoms with Crippen LogP contribution in [0.15, 0.2) is 59.8 Å². The minimum absolute atomic E-state index is 0.143.